The van der Waals surface area contributed by atoms with Crippen molar-refractivity contribution in [3.8, 4) is 0 Å². The topological polar surface area (TPSA) is 105 Å². The van der Waals surface area contributed by atoms with Crippen molar-refractivity contribution < 1.29 is 23.9 Å². The third kappa shape index (κ3) is 4.87. The summed E-state index contributed by atoms with van der Waals surface area (Å²) in [5.74, 6) is -0.902. The first-order valence-corrected chi connectivity index (χ1v) is 10.8. The molecule has 2 saturated heterocycles. The molecular weight excluding hydrogens is 382 g/mol. The van der Waals surface area contributed by atoms with E-state index in [1.165, 1.54) is 18.4 Å². The number of amides is 4. The van der Waals surface area contributed by atoms with E-state index in [-0.39, 0.29) is 10.8 Å². The monoisotopic (exact) mass is 409 g/mol. The van der Waals surface area contributed by atoms with E-state index in [0.29, 0.717) is 25.1 Å². The number of allylic oxidation sites excluding steroid dienone is 1. The van der Waals surface area contributed by atoms with E-state index >= 15 is 0 Å². The fourth-order valence-electron chi connectivity index (χ4n) is 3.90. The van der Waals surface area contributed by atoms with Crippen LogP contribution in [0.5, 0.6) is 0 Å². The summed E-state index contributed by atoms with van der Waals surface area (Å²) in [5, 5.41) is 4.79. The number of nitrogens with one attached hydrogen (secondary N) is 2. The molecule has 8 nitrogen and oxygen atoms in total. The maximum Gasteiger partial charge on any atom is 0.330 e. The van der Waals surface area contributed by atoms with Gasteiger partial charge in [-0.2, -0.15) is 0 Å². The molecule has 9 heteroatoms. The average molecular weight is 410 g/mol. The van der Waals surface area contributed by atoms with E-state index in [4.69, 9.17) is 4.74 Å². The number of thioether (sulfide) groups is 1. The number of hydrogen-bond donors (Lipinski definition) is 2. The van der Waals surface area contributed by atoms with Gasteiger partial charge in [0.05, 0.1) is 4.87 Å². The quantitative estimate of drug-likeness (QED) is 0.511. The van der Waals surface area contributed by atoms with Gasteiger partial charge < -0.3 is 15.0 Å². The van der Waals surface area contributed by atoms with Gasteiger partial charge in [0.1, 0.15) is 6.04 Å². The van der Waals surface area contributed by atoms with Crippen LogP contribution in [0.3, 0.4) is 0 Å². The molecule has 0 aromatic rings. The molecule has 154 valence electrons. The predicted octanol–water partition coefficient (Wildman–Crippen LogP) is 1.70. The Morgan fingerprint density at radius 3 is 2.89 bits per heavy atom. The lowest BCUT2D eigenvalue weighted by molar-refractivity contribution is -0.156. The molecule has 0 bridgehead atoms. The highest BCUT2D eigenvalue weighted by Crippen LogP contribution is 2.47. The maximum atomic E-state index is 12.3. The Labute approximate surface area is 168 Å². The molecule has 2 fully saturated rings. The second-order valence-electron chi connectivity index (χ2n) is 7.54. The van der Waals surface area contributed by atoms with Crippen LogP contribution in [0.2, 0.25) is 0 Å². The number of imide groups is 1. The van der Waals surface area contributed by atoms with Gasteiger partial charge in [-0.05, 0) is 45.4 Å². The van der Waals surface area contributed by atoms with Crippen molar-refractivity contribution in [3.63, 3.8) is 0 Å². The molecule has 4 amide bonds. The number of fused-ring (bicyclic) bond motifs is 1. The number of nitrogens with zero attached hydrogens (tertiary/aromatic N) is 1. The van der Waals surface area contributed by atoms with E-state index < -0.39 is 30.6 Å². The third-order valence-electron chi connectivity index (χ3n) is 5.43. The zero-order valence-electron chi connectivity index (χ0n) is 16.1. The summed E-state index contributed by atoms with van der Waals surface area (Å²) in [7, 11) is 0. The van der Waals surface area contributed by atoms with Crippen molar-refractivity contribution in [2.75, 3.05) is 18.9 Å². The summed E-state index contributed by atoms with van der Waals surface area (Å²) < 4.78 is 5.04. The Balaban J connectivity index is 1.36. The summed E-state index contributed by atoms with van der Waals surface area (Å²) >= 11 is 1.56. The first kappa shape index (κ1) is 20.7. The number of urea groups is 1. The number of ether oxygens (including phenoxy) is 1. The molecule has 0 saturated carbocycles. The van der Waals surface area contributed by atoms with Crippen LogP contribution >= 0.6 is 11.8 Å². The lowest BCUT2D eigenvalue weighted by atomic mass is 9.97. The van der Waals surface area contributed by atoms with Crippen LogP contribution in [0.25, 0.3) is 0 Å². The molecule has 0 radical (unpaired) electrons. The molecule has 1 aliphatic carbocycles. The largest absolute Gasteiger partial charge is 0.454 e. The number of esters is 1. The van der Waals surface area contributed by atoms with Crippen LogP contribution in [-0.4, -0.2) is 58.5 Å². The van der Waals surface area contributed by atoms with Crippen LogP contribution in [0.15, 0.2) is 11.6 Å². The van der Waals surface area contributed by atoms with Crippen LogP contribution in [0.1, 0.15) is 51.9 Å². The molecular formula is C19H27N3O5S. The van der Waals surface area contributed by atoms with Gasteiger partial charge >= 0.3 is 12.0 Å². The van der Waals surface area contributed by atoms with Gasteiger partial charge in [-0.25, -0.2) is 9.59 Å². The molecule has 0 spiro atoms. The van der Waals surface area contributed by atoms with Gasteiger partial charge in [0.25, 0.3) is 5.91 Å². The van der Waals surface area contributed by atoms with Crippen LogP contribution in [-0.2, 0) is 19.1 Å². The van der Waals surface area contributed by atoms with Crippen LogP contribution in [0, 0.1) is 0 Å². The highest BCUT2D eigenvalue weighted by atomic mass is 32.2. The molecule has 28 heavy (non-hydrogen) atoms. The van der Waals surface area contributed by atoms with E-state index in [1.807, 2.05) is 6.92 Å². The number of carbonyl (C=O) groups excluding carboxylic acids is 4. The van der Waals surface area contributed by atoms with E-state index in [2.05, 4.69) is 16.7 Å². The number of carbonyl (C=O) groups is 4. The van der Waals surface area contributed by atoms with Gasteiger partial charge in [0.15, 0.2) is 6.61 Å². The highest BCUT2D eigenvalue weighted by molar-refractivity contribution is 8.01. The molecule has 0 aromatic heterocycles. The molecule has 2 atom stereocenters. The first-order chi connectivity index (χ1) is 13.4. The summed E-state index contributed by atoms with van der Waals surface area (Å²) in [6, 6.07) is -1.27. The van der Waals surface area contributed by atoms with E-state index in [9.17, 15) is 19.2 Å². The SMILES string of the molecule is C[C@]12CCC(=O)N1[C@H](C(=O)OCC(=O)NC(=O)NCCC1=CCCCC1)CS2. The van der Waals surface area contributed by atoms with Crippen molar-refractivity contribution >= 4 is 35.6 Å². The molecule has 2 aliphatic heterocycles. The number of hydrogen-bond acceptors (Lipinski definition) is 6. The minimum atomic E-state index is -0.691. The Kier molecular flexibility index (Phi) is 6.64. The minimum Gasteiger partial charge on any atom is -0.454 e. The third-order valence-corrected chi connectivity index (χ3v) is 6.94. The molecule has 0 aromatic carbocycles. The second-order valence-corrected chi connectivity index (χ2v) is 9.04. The van der Waals surface area contributed by atoms with Crippen molar-refractivity contribution in [2.45, 2.75) is 62.8 Å². The standard InChI is InChI=1S/C19H27N3O5S/c1-19-9-7-16(24)22(19)14(12-28-19)17(25)27-11-15(23)21-18(26)20-10-8-13-5-3-2-4-6-13/h5,14H,2-4,6-12H2,1H3,(H2,20,21,23,26)/t14-,19-/m0/s1. The van der Waals surface area contributed by atoms with Crippen molar-refractivity contribution in [2.24, 2.45) is 0 Å². The first-order valence-electron chi connectivity index (χ1n) is 9.77. The molecule has 3 rings (SSSR count). The Morgan fingerprint density at radius 1 is 1.32 bits per heavy atom. The van der Waals surface area contributed by atoms with Crippen molar-refractivity contribution in [1.82, 2.24) is 15.5 Å². The van der Waals surface area contributed by atoms with Gasteiger partial charge in [-0.1, -0.05) is 11.6 Å². The van der Waals surface area contributed by atoms with Crippen molar-refractivity contribution in [3.05, 3.63) is 11.6 Å². The summed E-state index contributed by atoms with van der Waals surface area (Å²) in [5.41, 5.74) is 1.34. The van der Waals surface area contributed by atoms with Gasteiger partial charge in [-0.15, -0.1) is 11.8 Å². The van der Waals surface area contributed by atoms with Crippen LogP contribution < -0.4 is 10.6 Å². The summed E-state index contributed by atoms with van der Waals surface area (Å²) in [6.07, 6.45) is 8.68. The highest BCUT2D eigenvalue weighted by Gasteiger charge is 2.53. The average Bonchev–Trinajstić information content (AvgIpc) is 3.16. The predicted molar refractivity (Wildman–Crippen MR) is 104 cm³/mol. The van der Waals surface area contributed by atoms with Crippen molar-refractivity contribution in [1.29, 1.82) is 0 Å². The minimum absolute atomic E-state index is 0.0636. The van der Waals surface area contributed by atoms with Crippen LogP contribution in [0.4, 0.5) is 4.79 Å². The molecule has 0 unspecified atom stereocenters. The number of rotatable bonds is 6. The Hall–Kier alpha value is -2.03. The zero-order chi connectivity index (χ0) is 20.1. The van der Waals surface area contributed by atoms with Gasteiger partial charge in [0, 0.05) is 18.7 Å². The fourth-order valence-corrected chi connectivity index (χ4v) is 5.32. The Bertz CT molecular complexity index is 695. The maximum absolute atomic E-state index is 12.3. The molecule has 2 heterocycles. The fraction of sp³-hybridized carbons (Fsp3) is 0.684. The zero-order valence-corrected chi connectivity index (χ0v) is 16.9. The van der Waals surface area contributed by atoms with Gasteiger partial charge in [0.2, 0.25) is 5.91 Å². The summed E-state index contributed by atoms with van der Waals surface area (Å²) in [4.78, 5) is 49.2. The lowest BCUT2D eigenvalue weighted by Gasteiger charge is -2.29. The molecule has 2 N–H and O–H groups in total. The smallest absolute Gasteiger partial charge is 0.330 e. The second kappa shape index (κ2) is 8.98. The van der Waals surface area contributed by atoms with Gasteiger partial charge in [-0.3, -0.25) is 14.9 Å². The molecule has 3 aliphatic rings. The lowest BCUT2D eigenvalue weighted by Crippen LogP contribution is -2.47. The Morgan fingerprint density at radius 2 is 2.14 bits per heavy atom. The van der Waals surface area contributed by atoms with E-state index in [0.717, 1.165) is 19.3 Å². The normalized spacial score (nSPS) is 26.5. The van der Waals surface area contributed by atoms with E-state index in [1.54, 1.807) is 16.7 Å². The summed E-state index contributed by atoms with van der Waals surface area (Å²) in [6.45, 7) is 1.85.